The van der Waals surface area contributed by atoms with Crippen LogP contribution in [0.15, 0.2) is 30.6 Å². The molecule has 1 aliphatic rings. The first kappa shape index (κ1) is 18.3. The monoisotopic (exact) mass is 357 g/mol. The molecule has 1 aromatic carbocycles. The highest BCUT2D eigenvalue weighted by Gasteiger charge is 2.25. The Balaban J connectivity index is 1.60. The number of carbonyl (C=O) groups excluding carboxylic acids is 1. The van der Waals surface area contributed by atoms with E-state index in [4.69, 9.17) is 9.47 Å². The summed E-state index contributed by atoms with van der Waals surface area (Å²) in [4.78, 5) is 19.1. The lowest BCUT2D eigenvalue weighted by atomic mass is 9.96. The molecule has 1 aromatic heterocycles. The third-order valence-corrected chi connectivity index (χ3v) is 5.11. The van der Waals surface area contributed by atoms with Gasteiger partial charge in [0, 0.05) is 44.0 Å². The fraction of sp³-hybridized carbons (Fsp3) is 0.500. The highest BCUT2D eigenvalue weighted by molar-refractivity contribution is 5.95. The number of nitrogens with zero attached hydrogens (tertiary/aromatic N) is 3. The number of piperidine rings is 1. The van der Waals surface area contributed by atoms with Crippen molar-refractivity contribution in [2.45, 2.75) is 32.7 Å². The molecule has 1 aliphatic heterocycles. The van der Waals surface area contributed by atoms with E-state index >= 15 is 0 Å². The van der Waals surface area contributed by atoms with E-state index in [-0.39, 0.29) is 5.91 Å². The number of benzene rings is 1. The summed E-state index contributed by atoms with van der Waals surface area (Å²) in [6, 6.07) is 5.34. The summed E-state index contributed by atoms with van der Waals surface area (Å²) in [5.41, 5.74) is 0.643. The van der Waals surface area contributed by atoms with Crippen LogP contribution in [0.5, 0.6) is 11.5 Å². The first-order valence-electron chi connectivity index (χ1n) is 9.17. The van der Waals surface area contributed by atoms with Crippen molar-refractivity contribution in [1.29, 1.82) is 0 Å². The molecule has 140 valence electrons. The number of likely N-dealkylation sites (tertiary alicyclic amines) is 1. The Labute approximate surface area is 154 Å². The van der Waals surface area contributed by atoms with Gasteiger partial charge in [0.05, 0.1) is 14.2 Å². The van der Waals surface area contributed by atoms with Gasteiger partial charge < -0.3 is 18.9 Å². The van der Waals surface area contributed by atoms with E-state index in [0.717, 1.165) is 44.7 Å². The summed E-state index contributed by atoms with van der Waals surface area (Å²) in [6.07, 6.45) is 6.90. The van der Waals surface area contributed by atoms with E-state index in [1.807, 2.05) is 11.1 Å². The Morgan fingerprint density at radius 2 is 1.92 bits per heavy atom. The average molecular weight is 357 g/mol. The number of rotatable bonds is 6. The van der Waals surface area contributed by atoms with Crippen LogP contribution >= 0.6 is 0 Å². The number of aromatic nitrogens is 2. The van der Waals surface area contributed by atoms with Crippen molar-refractivity contribution in [2.24, 2.45) is 5.92 Å². The Kier molecular flexibility index (Phi) is 5.81. The van der Waals surface area contributed by atoms with Gasteiger partial charge in [0.1, 0.15) is 5.82 Å². The lowest BCUT2D eigenvalue weighted by Crippen LogP contribution is -2.39. The number of methoxy groups -OCH3 is 2. The maximum Gasteiger partial charge on any atom is 0.253 e. The van der Waals surface area contributed by atoms with Gasteiger partial charge in [-0.2, -0.15) is 0 Å². The second-order valence-corrected chi connectivity index (χ2v) is 6.65. The molecule has 0 bridgehead atoms. The van der Waals surface area contributed by atoms with E-state index in [2.05, 4.69) is 22.7 Å². The lowest BCUT2D eigenvalue weighted by molar-refractivity contribution is 0.0682. The minimum absolute atomic E-state index is 0.0567. The second-order valence-electron chi connectivity index (χ2n) is 6.65. The van der Waals surface area contributed by atoms with Crippen molar-refractivity contribution >= 4 is 5.91 Å². The van der Waals surface area contributed by atoms with Gasteiger partial charge in [-0.15, -0.1) is 0 Å². The van der Waals surface area contributed by atoms with E-state index in [0.29, 0.717) is 23.0 Å². The van der Waals surface area contributed by atoms with Crippen LogP contribution in [0.3, 0.4) is 0 Å². The Morgan fingerprint density at radius 3 is 2.58 bits per heavy atom. The predicted octanol–water partition coefficient (Wildman–Crippen LogP) is 3.02. The minimum atomic E-state index is 0.0567. The quantitative estimate of drug-likeness (QED) is 0.797. The van der Waals surface area contributed by atoms with Crippen molar-refractivity contribution < 1.29 is 14.3 Å². The zero-order chi connectivity index (χ0) is 18.5. The van der Waals surface area contributed by atoms with Gasteiger partial charge in [0.2, 0.25) is 0 Å². The summed E-state index contributed by atoms with van der Waals surface area (Å²) in [5, 5.41) is 0. The van der Waals surface area contributed by atoms with Crippen LogP contribution in [-0.2, 0) is 13.0 Å². The van der Waals surface area contributed by atoms with Crippen LogP contribution in [0.2, 0.25) is 0 Å². The zero-order valence-corrected chi connectivity index (χ0v) is 15.8. The Hall–Kier alpha value is -2.50. The molecular weight excluding hydrogens is 330 g/mol. The first-order valence-corrected chi connectivity index (χ1v) is 9.17. The molecule has 2 heterocycles. The van der Waals surface area contributed by atoms with Gasteiger partial charge in [0.25, 0.3) is 5.91 Å². The molecule has 1 fully saturated rings. The summed E-state index contributed by atoms with van der Waals surface area (Å²) in [6.45, 7) is 4.69. The van der Waals surface area contributed by atoms with E-state index in [9.17, 15) is 4.79 Å². The standard InChI is InChI=1S/C20H27N3O3/c1-4-19-21-9-12-23(19)14-15-7-10-22(11-8-15)20(24)16-5-6-17(25-2)18(13-16)26-3/h5-6,9,12-13,15H,4,7-8,10-11,14H2,1-3H3. The molecule has 0 spiro atoms. The van der Waals surface area contributed by atoms with Gasteiger partial charge >= 0.3 is 0 Å². The van der Waals surface area contributed by atoms with Crippen molar-refractivity contribution in [3.8, 4) is 11.5 Å². The molecule has 0 aliphatic carbocycles. The zero-order valence-electron chi connectivity index (χ0n) is 15.8. The van der Waals surface area contributed by atoms with Gasteiger partial charge in [0.15, 0.2) is 11.5 Å². The lowest BCUT2D eigenvalue weighted by Gasteiger charge is -2.32. The van der Waals surface area contributed by atoms with E-state index in [1.54, 1.807) is 32.4 Å². The number of aryl methyl sites for hydroxylation is 1. The first-order chi connectivity index (χ1) is 12.7. The largest absolute Gasteiger partial charge is 0.493 e. The summed E-state index contributed by atoms with van der Waals surface area (Å²) in [5.74, 6) is 2.99. The molecule has 6 heteroatoms. The molecule has 1 amide bonds. The van der Waals surface area contributed by atoms with Crippen LogP contribution in [-0.4, -0.2) is 47.7 Å². The van der Waals surface area contributed by atoms with Gasteiger partial charge in [-0.1, -0.05) is 6.92 Å². The molecule has 26 heavy (non-hydrogen) atoms. The highest BCUT2D eigenvalue weighted by Crippen LogP contribution is 2.29. The fourth-order valence-electron chi connectivity index (χ4n) is 3.57. The van der Waals surface area contributed by atoms with Crippen molar-refractivity contribution in [2.75, 3.05) is 27.3 Å². The van der Waals surface area contributed by atoms with Crippen LogP contribution in [0.1, 0.15) is 35.9 Å². The molecule has 0 saturated carbocycles. The van der Waals surface area contributed by atoms with Crippen LogP contribution in [0, 0.1) is 5.92 Å². The molecular formula is C20H27N3O3. The number of ether oxygens (including phenoxy) is 2. The molecule has 2 aromatic rings. The van der Waals surface area contributed by atoms with E-state index in [1.165, 1.54) is 0 Å². The molecule has 3 rings (SSSR count). The summed E-state index contributed by atoms with van der Waals surface area (Å²) in [7, 11) is 3.17. The number of hydrogen-bond acceptors (Lipinski definition) is 4. The van der Waals surface area contributed by atoms with Gasteiger partial charge in [-0.05, 0) is 37.0 Å². The molecule has 0 N–H and O–H groups in total. The molecule has 1 saturated heterocycles. The average Bonchev–Trinajstić information content (AvgIpc) is 3.14. The van der Waals surface area contributed by atoms with Crippen molar-refractivity contribution in [3.63, 3.8) is 0 Å². The Bertz CT molecular complexity index is 749. The maximum absolute atomic E-state index is 12.8. The van der Waals surface area contributed by atoms with Gasteiger partial charge in [-0.3, -0.25) is 4.79 Å². The van der Waals surface area contributed by atoms with Gasteiger partial charge in [-0.25, -0.2) is 4.98 Å². The molecule has 6 nitrogen and oxygen atoms in total. The maximum atomic E-state index is 12.8. The highest BCUT2D eigenvalue weighted by atomic mass is 16.5. The molecule has 0 atom stereocenters. The fourth-order valence-corrected chi connectivity index (χ4v) is 3.57. The normalized spacial score (nSPS) is 15.1. The minimum Gasteiger partial charge on any atom is -0.493 e. The van der Waals surface area contributed by atoms with Crippen molar-refractivity contribution in [1.82, 2.24) is 14.5 Å². The topological polar surface area (TPSA) is 56.6 Å². The summed E-state index contributed by atoms with van der Waals surface area (Å²) < 4.78 is 12.8. The van der Waals surface area contributed by atoms with Crippen LogP contribution in [0.4, 0.5) is 0 Å². The van der Waals surface area contributed by atoms with Crippen LogP contribution in [0.25, 0.3) is 0 Å². The molecule has 0 unspecified atom stereocenters. The molecule has 0 radical (unpaired) electrons. The van der Waals surface area contributed by atoms with Crippen LogP contribution < -0.4 is 9.47 Å². The summed E-state index contributed by atoms with van der Waals surface area (Å²) >= 11 is 0. The van der Waals surface area contributed by atoms with Crippen molar-refractivity contribution in [3.05, 3.63) is 42.0 Å². The number of amides is 1. The number of hydrogen-bond donors (Lipinski definition) is 0. The SMILES string of the molecule is CCc1nccn1CC1CCN(C(=O)c2ccc(OC)c(OC)c2)CC1. The third kappa shape index (κ3) is 3.84. The number of imidazole rings is 1. The Morgan fingerprint density at radius 1 is 1.19 bits per heavy atom. The smallest absolute Gasteiger partial charge is 0.253 e. The third-order valence-electron chi connectivity index (χ3n) is 5.11. The predicted molar refractivity (Wildman–Crippen MR) is 99.8 cm³/mol. The second kappa shape index (κ2) is 8.25. The number of carbonyl (C=O) groups is 1. The van der Waals surface area contributed by atoms with E-state index < -0.39 is 0 Å².